The standard InChI is InChI=1S/C15H25N3/c1-3-8-17-13(2)14-6-11-18(12-7-14)15-4-9-16-10-5-15/h4-5,9-10,13-14,17H,3,6-8,11-12H2,1-2H3. The molecule has 0 bridgehead atoms. The molecule has 1 aliphatic heterocycles. The molecule has 1 fully saturated rings. The molecule has 3 nitrogen and oxygen atoms in total. The molecule has 18 heavy (non-hydrogen) atoms. The number of nitrogens with zero attached hydrogens (tertiary/aromatic N) is 2. The summed E-state index contributed by atoms with van der Waals surface area (Å²) in [5.41, 5.74) is 1.32. The summed E-state index contributed by atoms with van der Waals surface area (Å²) in [6, 6.07) is 4.88. The van der Waals surface area contributed by atoms with Crippen LogP contribution in [0.4, 0.5) is 5.69 Å². The van der Waals surface area contributed by atoms with Crippen LogP contribution in [0.15, 0.2) is 24.5 Å². The molecule has 0 aliphatic carbocycles. The van der Waals surface area contributed by atoms with Crippen LogP contribution in [0.3, 0.4) is 0 Å². The third-order valence-electron chi connectivity index (χ3n) is 3.99. The first-order chi connectivity index (χ1) is 8.81. The maximum atomic E-state index is 4.08. The molecule has 1 aromatic rings. The molecular formula is C15H25N3. The molecule has 0 aromatic carbocycles. The molecule has 1 saturated heterocycles. The number of nitrogens with one attached hydrogen (secondary N) is 1. The lowest BCUT2D eigenvalue weighted by atomic mass is 9.90. The molecule has 1 aliphatic rings. The fraction of sp³-hybridized carbons (Fsp3) is 0.667. The van der Waals surface area contributed by atoms with Gasteiger partial charge in [0.05, 0.1) is 0 Å². The molecule has 0 spiro atoms. The fourth-order valence-electron chi connectivity index (χ4n) is 2.75. The predicted octanol–water partition coefficient (Wildman–Crippen LogP) is 2.69. The summed E-state index contributed by atoms with van der Waals surface area (Å²) in [7, 11) is 0. The Bertz CT molecular complexity index is 331. The Labute approximate surface area is 111 Å². The van der Waals surface area contributed by atoms with Crippen molar-refractivity contribution in [1.29, 1.82) is 0 Å². The lowest BCUT2D eigenvalue weighted by Gasteiger charge is -2.36. The van der Waals surface area contributed by atoms with E-state index in [0.717, 1.165) is 12.5 Å². The molecule has 3 heteroatoms. The minimum atomic E-state index is 0.657. The number of aromatic nitrogens is 1. The van der Waals surface area contributed by atoms with Crippen molar-refractivity contribution in [2.75, 3.05) is 24.5 Å². The zero-order valence-electron chi connectivity index (χ0n) is 11.6. The van der Waals surface area contributed by atoms with Gasteiger partial charge in [-0.25, -0.2) is 0 Å². The van der Waals surface area contributed by atoms with Gasteiger partial charge in [-0.15, -0.1) is 0 Å². The van der Waals surface area contributed by atoms with Gasteiger partial charge in [-0.05, 0) is 50.8 Å². The van der Waals surface area contributed by atoms with Gasteiger partial charge in [0.15, 0.2) is 0 Å². The zero-order chi connectivity index (χ0) is 12.8. The first kappa shape index (κ1) is 13.3. The minimum absolute atomic E-state index is 0.657. The highest BCUT2D eigenvalue weighted by molar-refractivity contribution is 5.44. The van der Waals surface area contributed by atoms with E-state index in [4.69, 9.17) is 0 Å². The van der Waals surface area contributed by atoms with Gasteiger partial charge >= 0.3 is 0 Å². The predicted molar refractivity (Wildman–Crippen MR) is 76.9 cm³/mol. The SMILES string of the molecule is CCCNC(C)C1CCN(c2ccncc2)CC1. The first-order valence-electron chi connectivity index (χ1n) is 7.19. The smallest absolute Gasteiger partial charge is 0.0397 e. The second-order valence-electron chi connectivity index (χ2n) is 5.27. The van der Waals surface area contributed by atoms with Gasteiger partial charge in [-0.1, -0.05) is 6.92 Å². The molecule has 2 heterocycles. The first-order valence-corrected chi connectivity index (χ1v) is 7.19. The minimum Gasteiger partial charge on any atom is -0.371 e. The Morgan fingerprint density at radius 2 is 2.00 bits per heavy atom. The number of hydrogen-bond acceptors (Lipinski definition) is 3. The van der Waals surface area contributed by atoms with Crippen molar-refractivity contribution in [3.63, 3.8) is 0 Å². The van der Waals surface area contributed by atoms with Crippen LogP contribution in [0.2, 0.25) is 0 Å². The Morgan fingerprint density at radius 3 is 2.61 bits per heavy atom. The van der Waals surface area contributed by atoms with E-state index < -0.39 is 0 Å². The summed E-state index contributed by atoms with van der Waals surface area (Å²) in [6.07, 6.45) is 7.57. The third kappa shape index (κ3) is 3.45. The lowest BCUT2D eigenvalue weighted by molar-refractivity contribution is 0.311. The zero-order valence-corrected chi connectivity index (χ0v) is 11.6. The van der Waals surface area contributed by atoms with Crippen LogP contribution in [-0.4, -0.2) is 30.7 Å². The van der Waals surface area contributed by atoms with Gasteiger partial charge in [0, 0.05) is 37.2 Å². The normalized spacial score (nSPS) is 18.9. The largest absolute Gasteiger partial charge is 0.371 e. The number of hydrogen-bond donors (Lipinski definition) is 1. The van der Waals surface area contributed by atoms with Crippen molar-refractivity contribution in [2.24, 2.45) is 5.92 Å². The maximum Gasteiger partial charge on any atom is 0.0397 e. The van der Waals surface area contributed by atoms with Crippen molar-refractivity contribution in [3.8, 4) is 0 Å². The van der Waals surface area contributed by atoms with Crippen molar-refractivity contribution >= 4 is 5.69 Å². The summed E-state index contributed by atoms with van der Waals surface area (Å²) in [6.45, 7) is 8.06. The van der Waals surface area contributed by atoms with Crippen LogP contribution in [0, 0.1) is 5.92 Å². The van der Waals surface area contributed by atoms with Gasteiger partial charge in [0.25, 0.3) is 0 Å². The van der Waals surface area contributed by atoms with Gasteiger partial charge in [0.1, 0.15) is 0 Å². The van der Waals surface area contributed by atoms with Crippen LogP contribution < -0.4 is 10.2 Å². The summed E-state index contributed by atoms with van der Waals surface area (Å²) in [5.74, 6) is 0.828. The average Bonchev–Trinajstić information content (AvgIpc) is 2.46. The number of anilines is 1. The second-order valence-corrected chi connectivity index (χ2v) is 5.27. The highest BCUT2D eigenvalue weighted by Gasteiger charge is 2.23. The topological polar surface area (TPSA) is 28.2 Å². The number of rotatable bonds is 5. The average molecular weight is 247 g/mol. The van der Waals surface area contributed by atoms with Crippen LogP contribution in [0.5, 0.6) is 0 Å². The maximum absolute atomic E-state index is 4.08. The molecule has 2 rings (SSSR count). The highest BCUT2D eigenvalue weighted by atomic mass is 15.1. The monoisotopic (exact) mass is 247 g/mol. The Morgan fingerprint density at radius 1 is 1.33 bits per heavy atom. The Balaban J connectivity index is 1.81. The number of pyridine rings is 1. The lowest BCUT2D eigenvalue weighted by Crippen LogP contribution is -2.42. The fourth-order valence-corrected chi connectivity index (χ4v) is 2.75. The molecule has 1 unspecified atom stereocenters. The molecule has 0 saturated carbocycles. The van der Waals surface area contributed by atoms with Crippen LogP contribution in [0.1, 0.15) is 33.1 Å². The van der Waals surface area contributed by atoms with Crippen molar-refractivity contribution < 1.29 is 0 Å². The summed E-state index contributed by atoms with van der Waals surface area (Å²) in [4.78, 5) is 6.56. The van der Waals surface area contributed by atoms with E-state index in [9.17, 15) is 0 Å². The quantitative estimate of drug-likeness (QED) is 0.867. The van der Waals surface area contributed by atoms with E-state index in [1.54, 1.807) is 0 Å². The van der Waals surface area contributed by atoms with E-state index in [1.165, 1.54) is 38.0 Å². The van der Waals surface area contributed by atoms with Gasteiger partial charge in [0.2, 0.25) is 0 Å². The van der Waals surface area contributed by atoms with Gasteiger partial charge in [-0.3, -0.25) is 4.98 Å². The Hall–Kier alpha value is -1.09. The van der Waals surface area contributed by atoms with Crippen LogP contribution in [-0.2, 0) is 0 Å². The van der Waals surface area contributed by atoms with E-state index in [1.807, 2.05) is 12.4 Å². The van der Waals surface area contributed by atoms with E-state index in [2.05, 4.69) is 41.2 Å². The number of piperidine rings is 1. The molecule has 0 amide bonds. The third-order valence-corrected chi connectivity index (χ3v) is 3.99. The van der Waals surface area contributed by atoms with Crippen molar-refractivity contribution in [3.05, 3.63) is 24.5 Å². The van der Waals surface area contributed by atoms with Crippen molar-refractivity contribution in [1.82, 2.24) is 10.3 Å². The van der Waals surface area contributed by atoms with Crippen molar-refractivity contribution in [2.45, 2.75) is 39.2 Å². The molecule has 1 atom stereocenters. The van der Waals surface area contributed by atoms with Gasteiger partial charge < -0.3 is 10.2 Å². The summed E-state index contributed by atoms with van der Waals surface area (Å²) >= 11 is 0. The van der Waals surface area contributed by atoms with Crippen LogP contribution in [0.25, 0.3) is 0 Å². The molecule has 1 N–H and O–H groups in total. The summed E-state index contributed by atoms with van der Waals surface area (Å²) < 4.78 is 0. The second kappa shape index (κ2) is 6.74. The molecule has 1 aromatic heterocycles. The van der Waals surface area contributed by atoms with Crippen LogP contribution >= 0.6 is 0 Å². The van der Waals surface area contributed by atoms with Gasteiger partial charge in [-0.2, -0.15) is 0 Å². The molecule has 100 valence electrons. The highest BCUT2D eigenvalue weighted by Crippen LogP contribution is 2.24. The van der Waals surface area contributed by atoms with E-state index in [0.29, 0.717) is 6.04 Å². The Kier molecular flexibility index (Phi) is 5.00. The van der Waals surface area contributed by atoms with E-state index >= 15 is 0 Å². The molecular weight excluding hydrogens is 222 g/mol. The summed E-state index contributed by atoms with van der Waals surface area (Å²) in [5, 5.41) is 3.63. The van der Waals surface area contributed by atoms with E-state index in [-0.39, 0.29) is 0 Å². The molecule has 0 radical (unpaired) electrons.